The number of nitrogens with zero attached hydrogens (tertiary/aromatic N) is 2. The van der Waals surface area contributed by atoms with Gasteiger partial charge >= 0.3 is 0 Å². The van der Waals surface area contributed by atoms with Crippen LogP contribution in [0, 0.1) is 0 Å². The minimum Gasteiger partial charge on any atom is -0.342 e. The molecular formula is C14H30ClN3O. The molecule has 5 heteroatoms. The van der Waals surface area contributed by atoms with Gasteiger partial charge in [-0.25, -0.2) is 0 Å². The quantitative estimate of drug-likeness (QED) is 0.740. The summed E-state index contributed by atoms with van der Waals surface area (Å²) in [6.45, 7) is 8.74. The summed E-state index contributed by atoms with van der Waals surface area (Å²) in [5, 5.41) is 3.23. The van der Waals surface area contributed by atoms with E-state index < -0.39 is 0 Å². The Kier molecular flexibility index (Phi) is 10.3. The molecule has 114 valence electrons. The molecule has 0 aromatic carbocycles. The zero-order chi connectivity index (χ0) is 13.4. The number of nitrogens with one attached hydrogen (secondary N) is 1. The molecule has 1 unspecified atom stereocenters. The van der Waals surface area contributed by atoms with Crippen molar-refractivity contribution < 1.29 is 4.79 Å². The Hall–Kier alpha value is -0.320. The SMILES string of the molecule is CCCN(CCC)C(=O)CN1CCCC1CNC.Cl. The molecule has 0 bridgehead atoms. The number of carbonyl (C=O) groups is 1. The van der Waals surface area contributed by atoms with Crippen molar-refractivity contribution in [3.05, 3.63) is 0 Å². The van der Waals surface area contributed by atoms with Gasteiger partial charge in [-0.15, -0.1) is 12.4 Å². The molecular weight excluding hydrogens is 262 g/mol. The average molecular weight is 292 g/mol. The summed E-state index contributed by atoms with van der Waals surface area (Å²) in [4.78, 5) is 16.7. The van der Waals surface area contributed by atoms with Gasteiger partial charge in [0.25, 0.3) is 0 Å². The van der Waals surface area contributed by atoms with Gasteiger partial charge in [0.1, 0.15) is 0 Å². The second kappa shape index (κ2) is 10.5. The number of likely N-dealkylation sites (N-methyl/N-ethyl adjacent to an activating group) is 1. The fraction of sp³-hybridized carbons (Fsp3) is 0.929. The number of amides is 1. The van der Waals surface area contributed by atoms with E-state index in [0.29, 0.717) is 18.5 Å². The van der Waals surface area contributed by atoms with Crippen LogP contribution in [0.4, 0.5) is 0 Å². The molecule has 1 fully saturated rings. The van der Waals surface area contributed by atoms with Gasteiger partial charge in [0.15, 0.2) is 0 Å². The second-order valence-electron chi connectivity index (χ2n) is 5.20. The van der Waals surface area contributed by atoms with Crippen LogP contribution < -0.4 is 5.32 Å². The lowest BCUT2D eigenvalue weighted by Crippen LogP contribution is -2.45. The van der Waals surface area contributed by atoms with Crippen molar-refractivity contribution in [2.75, 3.05) is 39.8 Å². The van der Waals surface area contributed by atoms with E-state index in [1.165, 1.54) is 12.8 Å². The van der Waals surface area contributed by atoms with Crippen molar-refractivity contribution in [1.82, 2.24) is 15.1 Å². The van der Waals surface area contributed by atoms with Crippen molar-refractivity contribution in [2.45, 2.75) is 45.6 Å². The van der Waals surface area contributed by atoms with Crippen LogP contribution in [0.5, 0.6) is 0 Å². The first-order valence-electron chi connectivity index (χ1n) is 7.39. The number of hydrogen-bond acceptors (Lipinski definition) is 3. The molecule has 1 atom stereocenters. The number of halogens is 1. The molecule has 0 radical (unpaired) electrons. The molecule has 0 aliphatic carbocycles. The van der Waals surface area contributed by atoms with Gasteiger partial charge in [-0.1, -0.05) is 13.8 Å². The molecule has 1 N–H and O–H groups in total. The lowest BCUT2D eigenvalue weighted by atomic mass is 10.2. The smallest absolute Gasteiger partial charge is 0.236 e. The van der Waals surface area contributed by atoms with Gasteiger partial charge in [-0.3, -0.25) is 9.69 Å². The predicted octanol–water partition coefficient (Wildman–Crippen LogP) is 1.74. The Morgan fingerprint density at radius 1 is 1.32 bits per heavy atom. The van der Waals surface area contributed by atoms with Gasteiger partial charge in [0, 0.05) is 25.7 Å². The maximum atomic E-state index is 12.3. The highest BCUT2D eigenvalue weighted by molar-refractivity contribution is 5.85. The van der Waals surface area contributed by atoms with Crippen molar-refractivity contribution in [3.63, 3.8) is 0 Å². The van der Waals surface area contributed by atoms with E-state index in [2.05, 4.69) is 24.1 Å². The topological polar surface area (TPSA) is 35.6 Å². The second-order valence-corrected chi connectivity index (χ2v) is 5.20. The summed E-state index contributed by atoms with van der Waals surface area (Å²) in [5.74, 6) is 0.307. The molecule has 0 aromatic rings. The normalized spacial score (nSPS) is 19.2. The highest BCUT2D eigenvalue weighted by Crippen LogP contribution is 2.16. The van der Waals surface area contributed by atoms with Crippen molar-refractivity contribution in [2.24, 2.45) is 0 Å². The van der Waals surface area contributed by atoms with E-state index in [1.54, 1.807) is 0 Å². The van der Waals surface area contributed by atoms with Crippen molar-refractivity contribution >= 4 is 18.3 Å². The van der Waals surface area contributed by atoms with E-state index in [-0.39, 0.29) is 12.4 Å². The van der Waals surface area contributed by atoms with Crippen LogP contribution in [0.3, 0.4) is 0 Å². The van der Waals surface area contributed by atoms with E-state index >= 15 is 0 Å². The third-order valence-electron chi connectivity index (χ3n) is 3.62. The van der Waals surface area contributed by atoms with Gasteiger partial charge < -0.3 is 10.2 Å². The summed E-state index contributed by atoms with van der Waals surface area (Å²) in [6.07, 6.45) is 4.54. The minimum atomic E-state index is 0. The maximum Gasteiger partial charge on any atom is 0.236 e. The third-order valence-corrected chi connectivity index (χ3v) is 3.62. The Morgan fingerprint density at radius 2 is 1.95 bits per heavy atom. The summed E-state index contributed by atoms with van der Waals surface area (Å²) < 4.78 is 0. The van der Waals surface area contributed by atoms with Crippen LogP contribution in [-0.2, 0) is 4.79 Å². The molecule has 1 saturated heterocycles. The van der Waals surface area contributed by atoms with E-state index in [0.717, 1.165) is 39.0 Å². The van der Waals surface area contributed by atoms with Crippen LogP contribution in [0.15, 0.2) is 0 Å². The van der Waals surface area contributed by atoms with Gasteiger partial charge in [-0.05, 0) is 39.3 Å². The fourth-order valence-corrected chi connectivity index (χ4v) is 2.74. The van der Waals surface area contributed by atoms with Gasteiger partial charge in [0.05, 0.1) is 6.54 Å². The predicted molar refractivity (Wildman–Crippen MR) is 82.9 cm³/mol. The number of carbonyl (C=O) groups excluding carboxylic acids is 1. The Balaban J connectivity index is 0.00000324. The standard InChI is InChI=1S/C14H29N3O.ClH/c1-4-8-16(9-5-2)14(18)12-17-10-6-7-13(17)11-15-3;/h13,15H,4-12H2,1-3H3;1H. The summed E-state index contributed by atoms with van der Waals surface area (Å²) >= 11 is 0. The molecule has 1 aliphatic heterocycles. The number of likely N-dealkylation sites (tertiary alicyclic amines) is 1. The molecule has 1 heterocycles. The van der Waals surface area contributed by atoms with Gasteiger partial charge in [-0.2, -0.15) is 0 Å². The van der Waals surface area contributed by atoms with Crippen LogP contribution >= 0.6 is 12.4 Å². The first kappa shape index (κ1) is 18.7. The first-order valence-corrected chi connectivity index (χ1v) is 7.39. The van der Waals surface area contributed by atoms with Crippen LogP contribution in [0.25, 0.3) is 0 Å². The summed E-state index contributed by atoms with van der Waals surface area (Å²) in [5.41, 5.74) is 0. The average Bonchev–Trinajstić information content (AvgIpc) is 2.77. The van der Waals surface area contributed by atoms with Crippen molar-refractivity contribution in [1.29, 1.82) is 0 Å². The Morgan fingerprint density at radius 3 is 2.47 bits per heavy atom. The molecule has 4 nitrogen and oxygen atoms in total. The number of rotatable bonds is 8. The van der Waals surface area contributed by atoms with E-state index in [1.807, 2.05) is 11.9 Å². The molecule has 0 saturated carbocycles. The van der Waals surface area contributed by atoms with Crippen LogP contribution in [0.1, 0.15) is 39.5 Å². The van der Waals surface area contributed by atoms with E-state index in [9.17, 15) is 4.79 Å². The molecule has 0 aromatic heterocycles. The monoisotopic (exact) mass is 291 g/mol. The largest absolute Gasteiger partial charge is 0.342 e. The van der Waals surface area contributed by atoms with E-state index in [4.69, 9.17) is 0 Å². The highest BCUT2D eigenvalue weighted by atomic mass is 35.5. The maximum absolute atomic E-state index is 12.3. The third kappa shape index (κ3) is 6.11. The molecule has 1 amide bonds. The summed E-state index contributed by atoms with van der Waals surface area (Å²) in [7, 11) is 1.98. The molecule has 0 spiro atoms. The lowest BCUT2D eigenvalue weighted by Gasteiger charge is -2.28. The van der Waals surface area contributed by atoms with Crippen LogP contribution in [0.2, 0.25) is 0 Å². The Labute approximate surface area is 124 Å². The lowest BCUT2D eigenvalue weighted by molar-refractivity contribution is -0.132. The Bertz CT molecular complexity index is 245. The zero-order valence-corrected chi connectivity index (χ0v) is 13.5. The number of hydrogen-bond donors (Lipinski definition) is 1. The highest BCUT2D eigenvalue weighted by Gasteiger charge is 2.26. The summed E-state index contributed by atoms with van der Waals surface area (Å²) in [6, 6.07) is 0.545. The molecule has 1 aliphatic rings. The minimum absolute atomic E-state index is 0. The zero-order valence-electron chi connectivity index (χ0n) is 12.7. The fourth-order valence-electron chi connectivity index (χ4n) is 2.74. The molecule has 1 rings (SSSR count). The van der Waals surface area contributed by atoms with Crippen molar-refractivity contribution in [3.8, 4) is 0 Å². The first-order chi connectivity index (χ1) is 8.72. The van der Waals surface area contributed by atoms with Crippen LogP contribution in [-0.4, -0.2) is 61.5 Å². The van der Waals surface area contributed by atoms with Gasteiger partial charge in [0.2, 0.25) is 5.91 Å². The molecule has 19 heavy (non-hydrogen) atoms.